The van der Waals surface area contributed by atoms with Crippen LogP contribution in [-0.4, -0.2) is 31.6 Å². The van der Waals surface area contributed by atoms with Crippen LogP contribution in [0.2, 0.25) is 5.02 Å². The fourth-order valence-electron chi connectivity index (χ4n) is 2.05. The molecule has 2 nitrogen and oxygen atoms in total. The van der Waals surface area contributed by atoms with Crippen molar-refractivity contribution < 1.29 is 0 Å². The normalized spacial score (nSPS) is 11.5. The molecule has 0 atom stereocenters. The van der Waals surface area contributed by atoms with Gasteiger partial charge in [-0.25, -0.2) is 0 Å². The van der Waals surface area contributed by atoms with Gasteiger partial charge in [0.15, 0.2) is 0 Å². The van der Waals surface area contributed by atoms with Gasteiger partial charge in [-0.05, 0) is 63.1 Å². The predicted octanol–water partition coefficient (Wildman–Crippen LogP) is 3.80. The number of hydrogen-bond acceptors (Lipinski definition) is 2. The lowest BCUT2D eigenvalue weighted by atomic mass is 10.2. The van der Waals surface area contributed by atoms with Gasteiger partial charge in [-0.2, -0.15) is 0 Å². The Bertz CT molecular complexity index is 352. The number of nitrogens with one attached hydrogen (secondary N) is 1. The largest absolute Gasteiger partial charge is 0.316 e. The smallest absolute Gasteiger partial charge is 0.0409 e. The van der Waals surface area contributed by atoms with E-state index in [-0.39, 0.29) is 0 Å². The molecule has 0 aliphatic heterocycles. The van der Waals surface area contributed by atoms with Gasteiger partial charge in [-0.1, -0.05) is 37.6 Å². The van der Waals surface area contributed by atoms with Gasteiger partial charge in [-0.3, -0.25) is 0 Å². The molecule has 0 spiro atoms. The molecule has 1 rings (SSSR count). The van der Waals surface area contributed by atoms with Crippen molar-refractivity contribution in [3.63, 3.8) is 0 Å². The van der Waals surface area contributed by atoms with E-state index in [1.54, 1.807) is 0 Å². The molecule has 19 heavy (non-hydrogen) atoms. The lowest BCUT2D eigenvalue weighted by Crippen LogP contribution is -2.23. The summed E-state index contributed by atoms with van der Waals surface area (Å²) in [5.74, 6) is 0.741. The first-order valence-corrected chi connectivity index (χ1v) is 7.59. The summed E-state index contributed by atoms with van der Waals surface area (Å²) in [4.78, 5) is 2.36. The van der Waals surface area contributed by atoms with E-state index in [1.807, 2.05) is 18.2 Å². The zero-order chi connectivity index (χ0) is 14.1. The first kappa shape index (κ1) is 16.5. The molecule has 1 aromatic rings. The van der Waals surface area contributed by atoms with E-state index < -0.39 is 0 Å². The Hall–Kier alpha value is -0.570. The SMILES string of the molecule is CC(C)CNCCCCN(C)Cc1cccc(Cl)c1. The van der Waals surface area contributed by atoms with Crippen LogP contribution in [0, 0.1) is 5.92 Å². The second-order valence-electron chi connectivity index (χ2n) is 5.67. The molecule has 0 radical (unpaired) electrons. The molecule has 0 aliphatic carbocycles. The Kier molecular flexibility index (Phi) is 8.11. The number of hydrogen-bond donors (Lipinski definition) is 1. The van der Waals surface area contributed by atoms with Gasteiger partial charge in [0.05, 0.1) is 0 Å². The van der Waals surface area contributed by atoms with Crippen molar-refractivity contribution >= 4 is 11.6 Å². The van der Waals surface area contributed by atoms with Crippen LogP contribution in [0.1, 0.15) is 32.3 Å². The second kappa shape index (κ2) is 9.35. The summed E-state index contributed by atoms with van der Waals surface area (Å²) in [6.07, 6.45) is 2.48. The van der Waals surface area contributed by atoms with Crippen LogP contribution < -0.4 is 5.32 Å². The zero-order valence-electron chi connectivity index (χ0n) is 12.5. The van der Waals surface area contributed by atoms with Crippen molar-refractivity contribution in [1.29, 1.82) is 0 Å². The third-order valence-corrected chi connectivity index (χ3v) is 3.27. The zero-order valence-corrected chi connectivity index (χ0v) is 13.2. The van der Waals surface area contributed by atoms with Crippen LogP contribution in [0.25, 0.3) is 0 Å². The van der Waals surface area contributed by atoms with E-state index >= 15 is 0 Å². The van der Waals surface area contributed by atoms with E-state index in [4.69, 9.17) is 11.6 Å². The molecule has 0 unspecified atom stereocenters. The van der Waals surface area contributed by atoms with Crippen LogP contribution in [0.3, 0.4) is 0 Å². The molecule has 0 saturated heterocycles. The summed E-state index contributed by atoms with van der Waals surface area (Å²) in [6.45, 7) is 8.84. The first-order chi connectivity index (χ1) is 9.08. The van der Waals surface area contributed by atoms with Crippen molar-refractivity contribution in [1.82, 2.24) is 10.2 Å². The maximum Gasteiger partial charge on any atom is 0.0409 e. The van der Waals surface area contributed by atoms with Crippen molar-refractivity contribution in [3.05, 3.63) is 34.9 Å². The van der Waals surface area contributed by atoms with Crippen LogP contribution in [0.4, 0.5) is 0 Å². The summed E-state index contributed by atoms with van der Waals surface area (Å²) in [7, 11) is 2.17. The molecule has 0 fully saturated rings. The summed E-state index contributed by atoms with van der Waals surface area (Å²) >= 11 is 5.99. The Morgan fingerprint density at radius 1 is 1.26 bits per heavy atom. The highest BCUT2D eigenvalue weighted by Crippen LogP contribution is 2.12. The minimum Gasteiger partial charge on any atom is -0.316 e. The molecule has 0 heterocycles. The number of benzene rings is 1. The highest BCUT2D eigenvalue weighted by Gasteiger charge is 2.01. The van der Waals surface area contributed by atoms with E-state index in [2.05, 4.69) is 37.2 Å². The fraction of sp³-hybridized carbons (Fsp3) is 0.625. The van der Waals surface area contributed by atoms with Gasteiger partial charge >= 0.3 is 0 Å². The van der Waals surface area contributed by atoms with Crippen LogP contribution >= 0.6 is 11.6 Å². The maximum atomic E-state index is 5.99. The molecule has 0 aliphatic rings. The topological polar surface area (TPSA) is 15.3 Å². The number of rotatable bonds is 9. The molecule has 0 amide bonds. The summed E-state index contributed by atoms with van der Waals surface area (Å²) in [6, 6.07) is 8.11. The fourth-order valence-corrected chi connectivity index (χ4v) is 2.26. The monoisotopic (exact) mass is 282 g/mol. The van der Waals surface area contributed by atoms with Crippen molar-refractivity contribution in [2.45, 2.75) is 33.2 Å². The Morgan fingerprint density at radius 3 is 2.74 bits per heavy atom. The minimum absolute atomic E-state index is 0.741. The summed E-state index contributed by atoms with van der Waals surface area (Å²) < 4.78 is 0. The highest BCUT2D eigenvalue weighted by atomic mass is 35.5. The third-order valence-electron chi connectivity index (χ3n) is 3.04. The van der Waals surface area contributed by atoms with Gasteiger partial charge in [0, 0.05) is 11.6 Å². The molecule has 3 heteroatoms. The third kappa shape index (κ3) is 8.25. The highest BCUT2D eigenvalue weighted by molar-refractivity contribution is 6.30. The quantitative estimate of drug-likeness (QED) is 0.693. The van der Waals surface area contributed by atoms with Crippen LogP contribution in [-0.2, 0) is 6.54 Å². The Morgan fingerprint density at radius 2 is 2.05 bits per heavy atom. The lowest BCUT2D eigenvalue weighted by Gasteiger charge is -2.17. The van der Waals surface area contributed by atoms with E-state index in [0.717, 1.165) is 37.1 Å². The molecule has 0 aromatic heterocycles. The van der Waals surface area contributed by atoms with Gasteiger partial charge < -0.3 is 10.2 Å². The average Bonchev–Trinajstić information content (AvgIpc) is 2.33. The molecular weight excluding hydrogens is 256 g/mol. The van der Waals surface area contributed by atoms with E-state index in [9.17, 15) is 0 Å². The summed E-state index contributed by atoms with van der Waals surface area (Å²) in [5.41, 5.74) is 1.29. The minimum atomic E-state index is 0.741. The number of nitrogens with zero attached hydrogens (tertiary/aromatic N) is 1. The van der Waals surface area contributed by atoms with Crippen LogP contribution in [0.15, 0.2) is 24.3 Å². The molecular formula is C16H27ClN2. The molecule has 0 saturated carbocycles. The van der Waals surface area contributed by atoms with Gasteiger partial charge in [0.1, 0.15) is 0 Å². The van der Waals surface area contributed by atoms with Crippen molar-refractivity contribution in [2.24, 2.45) is 5.92 Å². The van der Waals surface area contributed by atoms with Crippen molar-refractivity contribution in [3.8, 4) is 0 Å². The maximum absolute atomic E-state index is 5.99. The molecule has 1 N–H and O–H groups in total. The predicted molar refractivity (Wildman–Crippen MR) is 84.7 cm³/mol. The lowest BCUT2D eigenvalue weighted by molar-refractivity contribution is 0.317. The number of halogens is 1. The van der Waals surface area contributed by atoms with E-state index in [0.29, 0.717) is 0 Å². The van der Waals surface area contributed by atoms with E-state index in [1.165, 1.54) is 18.4 Å². The number of unbranched alkanes of at least 4 members (excludes halogenated alkanes) is 1. The molecule has 108 valence electrons. The molecule has 0 bridgehead atoms. The molecule has 1 aromatic carbocycles. The van der Waals surface area contributed by atoms with Crippen molar-refractivity contribution in [2.75, 3.05) is 26.7 Å². The second-order valence-corrected chi connectivity index (χ2v) is 6.11. The van der Waals surface area contributed by atoms with Gasteiger partial charge in [0.25, 0.3) is 0 Å². The first-order valence-electron chi connectivity index (χ1n) is 7.21. The average molecular weight is 283 g/mol. The summed E-state index contributed by atoms with van der Waals surface area (Å²) in [5, 5.41) is 4.30. The Balaban J connectivity index is 2.09. The Labute approximate surface area is 123 Å². The van der Waals surface area contributed by atoms with Gasteiger partial charge in [0.2, 0.25) is 0 Å². The van der Waals surface area contributed by atoms with Crippen LogP contribution in [0.5, 0.6) is 0 Å². The van der Waals surface area contributed by atoms with Gasteiger partial charge in [-0.15, -0.1) is 0 Å². The standard InChI is InChI=1S/C16H27ClN2/c1-14(2)12-18-9-4-5-10-19(3)13-15-7-6-8-16(17)11-15/h6-8,11,14,18H,4-5,9-10,12-13H2,1-3H3.